The number of pyridine rings is 1. The van der Waals surface area contributed by atoms with Crippen LogP contribution in [0.2, 0.25) is 0 Å². The topological polar surface area (TPSA) is 71.2 Å². The number of nitrogens with zero attached hydrogens (tertiary/aromatic N) is 2. The molecule has 0 saturated heterocycles. The molecule has 0 spiro atoms. The van der Waals surface area contributed by atoms with Gasteiger partial charge in [-0.05, 0) is 39.8 Å². The normalized spacial score (nSPS) is 11.3. The first-order valence-electron chi connectivity index (χ1n) is 6.67. The fourth-order valence-electron chi connectivity index (χ4n) is 2.04. The molecule has 0 radical (unpaired) electrons. The van der Waals surface area contributed by atoms with Crippen LogP contribution < -0.4 is 11.1 Å². The molecule has 0 atom stereocenters. The lowest BCUT2D eigenvalue weighted by molar-refractivity contribution is 0.0934. The fraction of sp³-hybridized carbons (Fsp3) is 0.571. The molecule has 106 valence electrons. The summed E-state index contributed by atoms with van der Waals surface area (Å²) in [6, 6.07) is 4.24. The summed E-state index contributed by atoms with van der Waals surface area (Å²) in [5.74, 6) is -0.160. The van der Waals surface area contributed by atoms with E-state index in [0.29, 0.717) is 30.0 Å². The van der Waals surface area contributed by atoms with Crippen LogP contribution in [0.5, 0.6) is 0 Å². The highest BCUT2D eigenvalue weighted by atomic mass is 16.1. The second-order valence-corrected chi connectivity index (χ2v) is 5.16. The number of aromatic nitrogens is 1. The highest BCUT2D eigenvalue weighted by molar-refractivity contribution is 5.92. The molecule has 5 nitrogen and oxygen atoms in total. The Labute approximate surface area is 115 Å². The molecule has 0 fully saturated rings. The molecule has 0 aliphatic rings. The summed E-state index contributed by atoms with van der Waals surface area (Å²) in [4.78, 5) is 18.2. The number of anilines is 1. The standard InChI is InChI=1S/C14H24N4O/c1-10(2)18(11(3)4)8-7-16-14(19)13-6-5-12(15)9-17-13/h5-6,9-11H,7-8,15H2,1-4H3,(H,16,19). The van der Waals surface area contributed by atoms with Crippen LogP contribution in [0.1, 0.15) is 38.2 Å². The molecule has 1 heterocycles. The van der Waals surface area contributed by atoms with E-state index in [2.05, 4.69) is 42.9 Å². The maximum Gasteiger partial charge on any atom is 0.269 e. The van der Waals surface area contributed by atoms with Gasteiger partial charge in [0.05, 0.1) is 11.9 Å². The molecular weight excluding hydrogens is 240 g/mol. The predicted octanol–water partition coefficient (Wildman–Crippen LogP) is 1.51. The molecule has 0 saturated carbocycles. The Bertz CT molecular complexity index is 392. The lowest BCUT2D eigenvalue weighted by Gasteiger charge is -2.30. The van der Waals surface area contributed by atoms with Crippen molar-refractivity contribution in [2.75, 3.05) is 18.8 Å². The fourth-order valence-corrected chi connectivity index (χ4v) is 2.04. The van der Waals surface area contributed by atoms with Crippen molar-refractivity contribution in [1.29, 1.82) is 0 Å². The number of nitrogens with one attached hydrogen (secondary N) is 1. The van der Waals surface area contributed by atoms with Crippen molar-refractivity contribution in [3.63, 3.8) is 0 Å². The minimum atomic E-state index is -0.160. The van der Waals surface area contributed by atoms with E-state index in [1.165, 1.54) is 6.20 Å². The Morgan fingerprint density at radius 3 is 2.42 bits per heavy atom. The maximum atomic E-state index is 11.8. The summed E-state index contributed by atoms with van der Waals surface area (Å²) in [7, 11) is 0. The van der Waals surface area contributed by atoms with Crippen LogP contribution in [0.4, 0.5) is 5.69 Å². The van der Waals surface area contributed by atoms with Crippen molar-refractivity contribution in [1.82, 2.24) is 15.2 Å². The van der Waals surface area contributed by atoms with E-state index in [9.17, 15) is 4.79 Å². The Morgan fingerprint density at radius 2 is 1.95 bits per heavy atom. The summed E-state index contributed by atoms with van der Waals surface area (Å²) in [6.07, 6.45) is 1.49. The molecule has 19 heavy (non-hydrogen) atoms. The Morgan fingerprint density at radius 1 is 1.32 bits per heavy atom. The number of nitrogens with two attached hydrogens (primary N) is 1. The Balaban J connectivity index is 2.44. The van der Waals surface area contributed by atoms with Gasteiger partial charge in [-0.25, -0.2) is 4.98 Å². The van der Waals surface area contributed by atoms with Gasteiger partial charge in [0, 0.05) is 25.2 Å². The second-order valence-electron chi connectivity index (χ2n) is 5.16. The maximum absolute atomic E-state index is 11.8. The van der Waals surface area contributed by atoms with Gasteiger partial charge in [-0.15, -0.1) is 0 Å². The second kappa shape index (κ2) is 7.09. The number of hydrogen-bond donors (Lipinski definition) is 2. The van der Waals surface area contributed by atoms with E-state index in [-0.39, 0.29) is 5.91 Å². The van der Waals surface area contributed by atoms with Crippen molar-refractivity contribution in [3.8, 4) is 0 Å². The number of carbonyl (C=O) groups is 1. The zero-order chi connectivity index (χ0) is 14.4. The van der Waals surface area contributed by atoms with E-state index >= 15 is 0 Å². The highest BCUT2D eigenvalue weighted by Crippen LogP contribution is 2.04. The minimum Gasteiger partial charge on any atom is -0.397 e. The first-order valence-corrected chi connectivity index (χ1v) is 6.67. The SMILES string of the molecule is CC(C)N(CCNC(=O)c1ccc(N)cn1)C(C)C. The third kappa shape index (κ3) is 4.87. The number of rotatable bonds is 6. The molecular formula is C14H24N4O. The molecule has 0 bridgehead atoms. The highest BCUT2D eigenvalue weighted by Gasteiger charge is 2.13. The van der Waals surface area contributed by atoms with Crippen LogP contribution in [0.3, 0.4) is 0 Å². The van der Waals surface area contributed by atoms with Gasteiger partial charge in [-0.3, -0.25) is 9.69 Å². The first-order chi connectivity index (χ1) is 8.91. The van der Waals surface area contributed by atoms with Gasteiger partial charge in [0.2, 0.25) is 0 Å². The summed E-state index contributed by atoms with van der Waals surface area (Å²) in [5.41, 5.74) is 6.49. The third-order valence-electron chi connectivity index (χ3n) is 3.00. The van der Waals surface area contributed by atoms with Crippen LogP contribution >= 0.6 is 0 Å². The Kier molecular flexibility index (Phi) is 5.76. The number of nitrogen functional groups attached to an aromatic ring is 1. The lowest BCUT2D eigenvalue weighted by Crippen LogP contribution is -2.42. The van der Waals surface area contributed by atoms with E-state index in [1.807, 2.05) is 0 Å². The van der Waals surface area contributed by atoms with Crippen molar-refractivity contribution in [3.05, 3.63) is 24.0 Å². The monoisotopic (exact) mass is 264 g/mol. The zero-order valence-electron chi connectivity index (χ0n) is 12.2. The van der Waals surface area contributed by atoms with Crippen LogP contribution in [-0.4, -0.2) is 41.0 Å². The average Bonchev–Trinajstić information content (AvgIpc) is 2.34. The third-order valence-corrected chi connectivity index (χ3v) is 3.00. The van der Waals surface area contributed by atoms with Gasteiger partial charge in [0.1, 0.15) is 5.69 Å². The summed E-state index contributed by atoms with van der Waals surface area (Å²) in [6.45, 7) is 10.1. The van der Waals surface area contributed by atoms with E-state index in [4.69, 9.17) is 5.73 Å². The van der Waals surface area contributed by atoms with Gasteiger partial charge in [-0.2, -0.15) is 0 Å². The molecule has 0 aromatic carbocycles. The molecule has 1 amide bonds. The van der Waals surface area contributed by atoms with Crippen molar-refractivity contribution in [2.24, 2.45) is 0 Å². The molecule has 3 N–H and O–H groups in total. The number of amides is 1. The molecule has 0 unspecified atom stereocenters. The van der Waals surface area contributed by atoms with Gasteiger partial charge < -0.3 is 11.1 Å². The van der Waals surface area contributed by atoms with E-state index < -0.39 is 0 Å². The Hall–Kier alpha value is -1.62. The smallest absolute Gasteiger partial charge is 0.269 e. The van der Waals surface area contributed by atoms with Crippen LogP contribution in [0.25, 0.3) is 0 Å². The number of carbonyl (C=O) groups excluding carboxylic acids is 1. The largest absolute Gasteiger partial charge is 0.397 e. The van der Waals surface area contributed by atoms with Gasteiger partial charge >= 0.3 is 0 Å². The summed E-state index contributed by atoms with van der Waals surface area (Å²) >= 11 is 0. The predicted molar refractivity (Wildman–Crippen MR) is 78.0 cm³/mol. The molecule has 5 heteroatoms. The van der Waals surface area contributed by atoms with Crippen LogP contribution in [0, 0.1) is 0 Å². The first kappa shape index (κ1) is 15.4. The number of hydrogen-bond acceptors (Lipinski definition) is 4. The molecule has 0 aliphatic carbocycles. The summed E-state index contributed by atoms with van der Waals surface area (Å²) < 4.78 is 0. The zero-order valence-corrected chi connectivity index (χ0v) is 12.2. The lowest BCUT2D eigenvalue weighted by atomic mass is 10.2. The van der Waals surface area contributed by atoms with Crippen molar-refractivity contribution >= 4 is 11.6 Å². The summed E-state index contributed by atoms with van der Waals surface area (Å²) in [5, 5.41) is 2.87. The average molecular weight is 264 g/mol. The van der Waals surface area contributed by atoms with Gasteiger partial charge in [-0.1, -0.05) is 0 Å². The van der Waals surface area contributed by atoms with Gasteiger partial charge in [0.15, 0.2) is 0 Å². The molecule has 0 aliphatic heterocycles. The quantitative estimate of drug-likeness (QED) is 0.817. The van der Waals surface area contributed by atoms with Crippen LogP contribution in [-0.2, 0) is 0 Å². The van der Waals surface area contributed by atoms with E-state index in [1.54, 1.807) is 12.1 Å². The van der Waals surface area contributed by atoms with E-state index in [0.717, 1.165) is 6.54 Å². The molecule has 1 rings (SSSR count). The minimum absolute atomic E-state index is 0.160. The molecule has 1 aromatic rings. The van der Waals surface area contributed by atoms with Crippen molar-refractivity contribution < 1.29 is 4.79 Å². The van der Waals surface area contributed by atoms with Crippen molar-refractivity contribution in [2.45, 2.75) is 39.8 Å². The van der Waals surface area contributed by atoms with Gasteiger partial charge in [0.25, 0.3) is 5.91 Å². The van der Waals surface area contributed by atoms with Crippen LogP contribution in [0.15, 0.2) is 18.3 Å². The molecule has 1 aromatic heterocycles.